The number of hydrogen-bond acceptors (Lipinski definition) is 5. The van der Waals surface area contributed by atoms with Gasteiger partial charge in [0.25, 0.3) is 11.1 Å². The van der Waals surface area contributed by atoms with E-state index in [1.54, 1.807) is 25.2 Å². The van der Waals surface area contributed by atoms with Gasteiger partial charge in [-0.2, -0.15) is 0 Å². The third kappa shape index (κ3) is 2.86. The molecule has 0 spiro atoms. The molecule has 2 aromatic rings. The van der Waals surface area contributed by atoms with E-state index in [9.17, 15) is 9.18 Å². The number of hydrogen-bond donors (Lipinski definition) is 1. The lowest BCUT2D eigenvalue weighted by Gasteiger charge is -1.96. The van der Waals surface area contributed by atoms with E-state index in [1.165, 1.54) is 6.07 Å². The number of thioether (sulfide) groups is 1. The zero-order valence-corrected chi connectivity index (χ0v) is 10.3. The number of aromatic nitrogens is 2. The van der Waals surface area contributed by atoms with E-state index in [0.717, 1.165) is 11.8 Å². The van der Waals surface area contributed by atoms with Gasteiger partial charge < -0.3 is 9.73 Å². The molecule has 0 aliphatic heterocycles. The lowest BCUT2D eigenvalue weighted by atomic mass is 10.2. The van der Waals surface area contributed by atoms with Gasteiger partial charge in [0.15, 0.2) is 0 Å². The summed E-state index contributed by atoms with van der Waals surface area (Å²) in [5.74, 6) is -0.294. The number of carbonyl (C=O) groups excluding carboxylic acids is 1. The Bertz CT molecular complexity index is 559. The van der Waals surface area contributed by atoms with Crippen molar-refractivity contribution in [2.24, 2.45) is 0 Å². The van der Waals surface area contributed by atoms with Crippen molar-refractivity contribution in [1.29, 1.82) is 0 Å². The molecule has 5 nitrogen and oxygen atoms in total. The van der Waals surface area contributed by atoms with E-state index in [0.29, 0.717) is 0 Å². The quantitative estimate of drug-likeness (QED) is 0.854. The molecule has 1 heterocycles. The fourth-order valence-electron chi connectivity index (χ4n) is 1.21. The van der Waals surface area contributed by atoms with Crippen LogP contribution in [0.15, 0.2) is 33.9 Å². The predicted molar refractivity (Wildman–Crippen MR) is 64.5 cm³/mol. The maximum atomic E-state index is 13.5. The largest absolute Gasteiger partial charge is 0.411 e. The third-order valence-electron chi connectivity index (χ3n) is 2.12. The molecule has 0 atom stereocenters. The fourth-order valence-corrected chi connectivity index (χ4v) is 1.85. The monoisotopic (exact) mass is 267 g/mol. The van der Waals surface area contributed by atoms with Gasteiger partial charge in [0.2, 0.25) is 5.91 Å². The highest BCUT2D eigenvalue weighted by atomic mass is 32.2. The van der Waals surface area contributed by atoms with Gasteiger partial charge in [-0.15, -0.1) is 10.2 Å². The van der Waals surface area contributed by atoms with E-state index in [-0.39, 0.29) is 28.3 Å². The molecule has 0 unspecified atom stereocenters. The molecule has 0 aliphatic carbocycles. The van der Waals surface area contributed by atoms with Crippen LogP contribution in [-0.4, -0.2) is 28.9 Å². The molecule has 0 aliphatic rings. The molecular weight excluding hydrogens is 257 g/mol. The van der Waals surface area contributed by atoms with Gasteiger partial charge in [0, 0.05) is 7.05 Å². The lowest BCUT2D eigenvalue weighted by molar-refractivity contribution is -0.118. The molecule has 0 radical (unpaired) electrons. The van der Waals surface area contributed by atoms with Gasteiger partial charge in [-0.25, -0.2) is 4.39 Å². The minimum Gasteiger partial charge on any atom is -0.411 e. The van der Waals surface area contributed by atoms with Crippen LogP contribution in [0.4, 0.5) is 4.39 Å². The minimum atomic E-state index is -0.427. The van der Waals surface area contributed by atoms with E-state index in [2.05, 4.69) is 15.5 Å². The van der Waals surface area contributed by atoms with E-state index in [4.69, 9.17) is 4.42 Å². The van der Waals surface area contributed by atoms with Crippen LogP contribution in [0.25, 0.3) is 11.5 Å². The van der Waals surface area contributed by atoms with Gasteiger partial charge in [0.1, 0.15) is 5.82 Å². The summed E-state index contributed by atoms with van der Waals surface area (Å²) in [7, 11) is 1.54. The molecule has 0 saturated heterocycles. The Morgan fingerprint density at radius 2 is 2.22 bits per heavy atom. The molecule has 7 heteroatoms. The average molecular weight is 267 g/mol. The van der Waals surface area contributed by atoms with Crippen LogP contribution in [0.3, 0.4) is 0 Å². The molecule has 0 bridgehead atoms. The number of carbonyl (C=O) groups is 1. The summed E-state index contributed by atoms with van der Waals surface area (Å²) >= 11 is 1.10. The van der Waals surface area contributed by atoms with Crippen molar-refractivity contribution >= 4 is 17.7 Å². The Labute approximate surface area is 107 Å². The summed E-state index contributed by atoms with van der Waals surface area (Å²) < 4.78 is 18.7. The first-order chi connectivity index (χ1) is 8.70. The topological polar surface area (TPSA) is 68.0 Å². The molecule has 18 heavy (non-hydrogen) atoms. The van der Waals surface area contributed by atoms with E-state index in [1.807, 2.05) is 0 Å². The first-order valence-electron chi connectivity index (χ1n) is 5.12. The van der Waals surface area contributed by atoms with E-state index >= 15 is 0 Å². The van der Waals surface area contributed by atoms with Crippen molar-refractivity contribution in [3.8, 4) is 11.5 Å². The van der Waals surface area contributed by atoms with Crippen molar-refractivity contribution in [3.63, 3.8) is 0 Å². The number of halogens is 1. The smallest absolute Gasteiger partial charge is 0.277 e. The highest BCUT2D eigenvalue weighted by Crippen LogP contribution is 2.24. The summed E-state index contributed by atoms with van der Waals surface area (Å²) in [6.45, 7) is 0. The van der Waals surface area contributed by atoms with Crippen molar-refractivity contribution in [3.05, 3.63) is 30.1 Å². The SMILES string of the molecule is CNC(=O)CSc1nnc(-c2ccccc2F)o1. The first kappa shape index (κ1) is 12.6. The summed E-state index contributed by atoms with van der Waals surface area (Å²) in [6, 6.07) is 6.13. The summed E-state index contributed by atoms with van der Waals surface area (Å²) in [6.07, 6.45) is 0. The van der Waals surface area contributed by atoms with Crippen LogP contribution in [-0.2, 0) is 4.79 Å². The second-order valence-corrected chi connectivity index (χ2v) is 4.24. The predicted octanol–water partition coefficient (Wildman–Crippen LogP) is 1.71. The van der Waals surface area contributed by atoms with Crippen LogP contribution in [0.2, 0.25) is 0 Å². The van der Waals surface area contributed by atoms with Crippen LogP contribution < -0.4 is 5.32 Å². The number of nitrogens with one attached hydrogen (secondary N) is 1. The second kappa shape index (κ2) is 5.63. The van der Waals surface area contributed by atoms with Crippen LogP contribution in [0.1, 0.15) is 0 Å². The van der Waals surface area contributed by atoms with Crippen LogP contribution >= 0.6 is 11.8 Å². The average Bonchev–Trinajstić information content (AvgIpc) is 2.85. The lowest BCUT2D eigenvalue weighted by Crippen LogP contribution is -2.19. The number of amides is 1. The van der Waals surface area contributed by atoms with Crippen LogP contribution in [0, 0.1) is 5.82 Å². The van der Waals surface area contributed by atoms with E-state index < -0.39 is 5.82 Å². The van der Waals surface area contributed by atoms with Gasteiger partial charge in [-0.05, 0) is 12.1 Å². The molecule has 0 saturated carbocycles. The number of rotatable bonds is 4. The highest BCUT2D eigenvalue weighted by Gasteiger charge is 2.13. The Kier molecular flexibility index (Phi) is 3.93. The van der Waals surface area contributed by atoms with Gasteiger partial charge in [-0.1, -0.05) is 23.9 Å². The molecule has 0 fully saturated rings. The summed E-state index contributed by atoms with van der Waals surface area (Å²) in [4.78, 5) is 11.0. The molecule has 1 amide bonds. The van der Waals surface area contributed by atoms with Crippen molar-refractivity contribution < 1.29 is 13.6 Å². The molecule has 1 aromatic carbocycles. The maximum absolute atomic E-state index is 13.5. The molecule has 1 N–H and O–H groups in total. The van der Waals surface area contributed by atoms with Gasteiger partial charge >= 0.3 is 0 Å². The summed E-state index contributed by atoms with van der Waals surface area (Å²) in [5, 5.41) is 10.2. The molecule has 2 rings (SSSR count). The fraction of sp³-hybridized carbons (Fsp3) is 0.182. The zero-order chi connectivity index (χ0) is 13.0. The van der Waals surface area contributed by atoms with Gasteiger partial charge in [-0.3, -0.25) is 4.79 Å². The Morgan fingerprint density at radius 3 is 2.94 bits per heavy atom. The normalized spacial score (nSPS) is 10.3. The standard InChI is InChI=1S/C11H10FN3O2S/c1-13-9(16)6-18-11-15-14-10(17-11)7-4-2-3-5-8(7)12/h2-5H,6H2,1H3,(H,13,16). The summed E-state index contributed by atoms with van der Waals surface area (Å²) in [5.41, 5.74) is 0.247. The van der Waals surface area contributed by atoms with Crippen molar-refractivity contribution in [1.82, 2.24) is 15.5 Å². The minimum absolute atomic E-state index is 0.104. The Hall–Kier alpha value is -1.89. The van der Waals surface area contributed by atoms with Crippen molar-refractivity contribution in [2.45, 2.75) is 5.22 Å². The van der Waals surface area contributed by atoms with Gasteiger partial charge in [0.05, 0.1) is 11.3 Å². The zero-order valence-electron chi connectivity index (χ0n) is 9.51. The molecule has 1 aromatic heterocycles. The molecular formula is C11H10FN3O2S. The maximum Gasteiger partial charge on any atom is 0.277 e. The van der Waals surface area contributed by atoms with Crippen molar-refractivity contribution in [2.75, 3.05) is 12.8 Å². The number of benzene rings is 1. The third-order valence-corrected chi connectivity index (χ3v) is 2.93. The molecule has 94 valence electrons. The Balaban J connectivity index is 2.11. The first-order valence-corrected chi connectivity index (χ1v) is 6.11. The van der Waals surface area contributed by atoms with Crippen LogP contribution in [0.5, 0.6) is 0 Å². The number of nitrogens with zero attached hydrogens (tertiary/aromatic N) is 2. The second-order valence-electron chi connectivity index (χ2n) is 3.31. The highest BCUT2D eigenvalue weighted by molar-refractivity contribution is 7.99. The Morgan fingerprint density at radius 1 is 1.44 bits per heavy atom.